The van der Waals surface area contributed by atoms with Gasteiger partial charge in [-0.05, 0) is 12.8 Å². The standard InChI is InChI=1S/C12H19N3O3/c1-18-12(17)14-10-4-5-15(7-10)11(16)8-2-3-9(13)6-8/h2-3,8-10H,4-7,13H2,1H3,(H,14,17). The summed E-state index contributed by atoms with van der Waals surface area (Å²) in [6, 6.07) is -0.0222. The van der Waals surface area contributed by atoms with Gasteiger partial charge in [0.15, 0.2) is 0 Å². The zero-order chi connectivity index (χ0) is 13.1. The van der Waals surface area contributed by atoms with Crippen LogP contribution >= 0.6 is 0 Å². The number of alkyl carbamates (subject to hydrolysis) is 1. The number of nitrogens with one attached hydrogen (secondary N) is 1. The third-order valence-corrected chi connectivity index (χ3v) is 3.44. The van der Waals surface area contributed by atoms with E-state index in [1.807, 2.05) is 12.2 Å². The molecule has 0 spiro atoms. The van der Waals surface area contributed by atoms with Gasteiger partial charge in [0, 0.05) is 19.1 Å². The van der Waals surface area contributed by atoms with Gasteiger partial charge in [0.05, 0.1) is 19.1 Å². The Morgan fingerprint density at radius 3 is 2.83 bits per heavy atom. The normalized spacial score (nSPS) is 30.6. The van der Waals surface area contributed by atoms with Crippen molar-refractivity contribution < 1.29 is 14.3 Å². The van der Waals surface area contributed by atoms with Crippen LogP contribution in [0.1, 0.15) is 12.8 Å². The third-order valence-electron chi connectivity index (χ3n) is 3.44. The molecule has 0 aromatic carbocycles. The quantitative estimate of drug-likeness (QED) is 0.670. The number of methoxy groups -OCH3 is 1. The molecule has 2 rings (SSSR count). The Bertz CT molecular complexity index is 370. The van der Waals surface area contributed by atoms with Crippen LogP contribution in [0.25, 0.3) is 0 Å². The fraction of sp³-hybridized carbons (Fsp3) is 0.667. The highest BCUT2D eigenvalue weighted by Gasteiger charge is 2.32. The highest BCUT2D eigenvalue weighted by molar-refractivity contribution is 5.81. The first-order valence-electron chi connectivity index (χ1n) is 6.17. The van der Waals surface area contributed by atoms with E-state index in [2.05, 4.69) is 10.1 Å². The van der Waals surface area contributed by atoms with Crippen molar-refractivity contribution in [3.8, 4) is 0 Å². The van der Waals surface area contributed by atoms with Crippen molar-refractivity contribution >= 4 is 12.0 Å². The lowest BCUT2D eigenvalue weighted by molar-refractivity contribution is -0.133. The Labute approximate surface area is 106 Å². The molecule has 1 saturated heterocycles. The summed E-state index contributed by atoms with van der Waals surface area (Å²) in [7, 11) is 1.33. The number of amides is 2. The summed E-state index contributed by atoms with van der Waals surface area (Å²) in [5.41, 5.74) is 5.74. The van der Waals surface area contributed by atoms with Gasteiger partial charge in [0.25, 0.3) is 0 Å². The van der Waals surface area contributed by atoms with E-state index in [0.717, 1.165) is 6.42 Å². The smallest absolute Gasteiger partial charge is 0.407 e. The zero-order valence-electron chi connectivity index (χ0n) is 10.5. The molecule has 0 saturated carbocycles. The summed E-state index contributed by atoms with van der Waals surface area (Å²) in [4.78, 5) is 25.0. The van der Waals surface area contributed by atoms with Crippen LogP contribution in [-0.2, 0) is 9.53 Å². The molecule has 0 radical (unpaired) electrons. The van der Waals surface area contributed by atoms with Gasteiger partial charge in [0.1, 0.15) is 0 Å². The van der Waals surface area contributed by atoms with Crippen molar-refractivity contribution in [2.24, 2.45) is 11.7 Å². The Balaban J connectivity index is 1.83. The molecule has 0 bridgehead atoms. The summed E-state index contributed by atoms with van der Waals surface area (Å²) in [5, 5.41) is 2.71. The van der Waals surface area contributed by atoms with Gasteiger partial charge in [0.2, 0.25) is 5.91 Å². The third kappa shape index (κ3) is 2.81. The molecular formula is C12H19N3O3. The van der Waals surface area contributed by atoms with Crippen molar-refractivity contribution in [1.29, 1.82) is 0 Å². The summed E-state index contributed by atoms with van der Waals surface area (Å²) in [6.45, 7) is 1.22. The van der Waals surface area contributed by atoms with E-state index in [4.69, 9.17) is 5.73 Å². The SMILES string of the molecule is COC(=O)NC1CCN(C(=O)C2C=CC(N)C2)C1. The topological polar surface area (TPSA) is 84.7 Å². The molecule has 18 heavy (non-hydrogen) atoms. The molecular weight excluding hydrogens is 234 g/mol. The molecule has 3 unspecified atom stereocenters. The van der Waals surface area contributed by atoms with E-state index in [1.54, 1.807) is 4.90 Å². The summed E-state index contributed by atoms with van der Waals surface area (Å²) in [6.07, 6.45) is 4.77. The van der Waals surface area contributed by atoms with Gasteiger partial charge < -0.3 is 20.7 Å². The van der Waals surface area contributed by atoms with Crippen LogP contribution in [0, 0.1) is 5.92 Å². The monoisotopic (exact) mass is 253 g/mol. The van der Waals surface area contributed by atoms with Crippen LogP contribution in [0.2, 0.25) is 0 Å². The van der Waals surface area contributed by atoms with Gasteiger partial charge >= 0.3 is 6.09 Å². The van der Waals surface area contributed by atoms with E-state index in [1.165, 1.54) is 7.11 Å². The molecule has 2 amide bonds. The molecule has 1 aliphatic heterocycles. The maximum absolute atomic E-state index is 12.2. The summed E-state index contributed by atoms with van der Waals surface area (Å²) < 4.78 is 4.54. The van der Waals surface area contributed by atoms with E-state index in [9.17, 15) is 9.59 Å². The van der Waals surface area contributed by atoms with E-state index >= 15 is 0 Å². The molecule has 100 valence electrons. The van der Waals surface area contributed by atoms with Crippen molar-refractivity contribution in [3.63, 3.8) is 0 Å². The second kappa shape index (κ2) is 5.39. The average Bonchev–Trinajstić information content (AvgIpc) is 2.97. The predicted octanol–water partition coefficient (Wildman–Crippen LogP) is -0.153. The Kier molecular flexibility index (Phi) is 3.86. The summed E-state index contributed by atoms with van der Waals surface area (Å²) in [5.74, 6) is 0.00485. The van der Waals surface area contributed by atoms with Gasteiger partial charge in [-0.3, -0.25) is 4.79 Å². The number of nitrogens with zero attached hydrogens (tertiary/aromatic N) is 1. The number of likely N-dealkylation sites (tertiary alicyclic amines) is 1. The first-order valence-corrected chi connectivity index (χ1v) is 6.17. The maximum atomic E-state index is 12.2. The predicted molar refractivity (Wildman–Crippen MR) is 65.7 cm³/mol. The highest BCUT2D eigenvalue weighted by atomic mass is 16.5. The zero-order valence-corrected chi connectivity index (χ0v) is 10.5. The van der Waals surface area contributed by atoms with Gasteiger partial charge in [-0.2, -0.15) is 0 Å². The average molecular weight is 253 g/mol. The minimum Gasteiger partial charge on any atom is -0.453 e. The minimum absolute atomic E-state index is 0.00876. The van der Waals surface area contributed by atoms with Gasteiger partial charge in [-0.15, -0.1) is 0 Å². The van der Waals surface area contributed by atoms with Crippen LogP contribution in [0.4, 0.5) is 4.79 Å². The van der Waals surface area contributed by atoms with E-state index < -0.39 is 6.09 Å². The summed E-state index contributed by atoms with van der Waals surface area (Å²) >= 11 is 0. The first kappa shape index (κ1) is 12.9. The van der Waals surface area contributed by atoms with Gasteiger partial charge in [-0.1, -0.05) is 12.2 Å². The van der Waals surface area contributed by atoms with Crippen LogP contribution in [0.5, 0.6) is 0 Å². The lowest BCUT2D eigenvalue weighted by atomic mass is 10.1. The Morgan fingerprint density at radius 1 is 1.44 bits per heavy atom. The molecule has 1 fully saturated rings. The molecule has 1 heterocycles. The lowest BCUT2D eigenvalue weighted by Gasteiger charge is -2.20. The number of hydrogen-bond acceptors (Lipinski definition) is 4. The number of rotatable bonds is 2. The maximum Gasteiger partial charge on any atom is 0.407 e. The molecule has 3 N–H and O–H groups in total. The molecule has 3 atom stereocenters. The van der Waals surface area contributed by atoms with E-state index in [-0.39, 0.29) is 23.9 Å². The Hall–Kier alpha value is -1.56. The first-order chi connectivity index (χ1) is 8.60. The highest BCUT2D eigenvalue weighted by Crippen LogP contribution is 2.21. The molecule has 6 heteroatoms. The number of nitrogens with two attached hydrogens (primary N) is 1. The number of carbonyl (C=O) groups excluding carboxylic acids is 2. The largest absolute Gasteiger partial charge is 0.453 e. The number of carbonyl (C=O) groups is 2. The fourth-order valence-electron chi connectivity index (χ4n) is 2.45. The number of ether oxygens (including phenoxy) is 1. The second-order valence-corrected chi connectivity index (χ2v) is 4.80. The molecule has 1 aliphatic carbocycles. The number of hydrogen-bond donors (Lipinski definition) is 2. The van der Waals surface area contributed by atoms with Crippen LogP contribution in [0.3, 0.4) is 0 Å². The molecule has 0 aromatic rings. The van der Waals surface area contributed by atoms with Gasteiger partial charge in [-0.25, -0.2) is 4.79 Å². The van der Waals surface area contributed by atoms with Crippen LogP contribution in [-0.4, -0.2) is 49.2 Å². The van der Waals surface area contributed by atoms with Crippen LogP contribution in [0.15, 0.2) is 12.2 Å². The lowest BCUT2D eigenvalue weighted by Crippen LogP contribution is -2.40. The second-order valence-electron chi connectivity index (χ2n) is 4.80. The molecule has 2 aliphatic rings. The van der Waals surface area contributed by atoms with Crippen molar-refractivity contribution in [2.45, 2.75) is 24.9 Å². The van der Waals surface area contributed by atoms with E-state index in [0.29, 0.717) is 19.5 Å². The molecule has 0 aromatic heterocycles. The molecule has 6 nitrogen and oxygen atoms in total. The van der Waals surface area contributed by atoms with Crippen molar-refractivity contribution in [2.75, 3.05) is 20.2 Å². The van der Waals surface area contributed by atoms with Crippen molar-refractivity contribution in [1.82, 2.24) is 10.2 Å². The van der Waals surface area contributed by atoms with Crippen molar-refractivity contribution in [3.05, 3.63) is 12.2 Å². The minimum atomic E-state index is -0.447. The Morgan fingerprint density at radius 2 is 2.22 bits per heavy atom. The fourth-order valence-corrected chi connectivity index (χ4v) is 2.45. The van der Waals surface area contributed by atoms with Crippen LogP contribution < -0.4 is 11.1 Å².